The fourth-order valence-electron chi connectivity index (χ4n) is 5.42. The summed E-state index contributed by atoms with van der Waals surface area (Å²) < 4.78 is 65.1. The van der Waals surface area contributed by atoms with Crippen LogP contribution in [-0.2, 0) is 34.4 Å². The van der Waals surface area contributed by atoms with Crippen molar-refractivity contribution >= 4 is 16.1 Å². The molecule has 2 aromatic heterocycles. The van der Waals surface area contributed by atoms with Gasteiger partial charge in [-0.05, 0) is 45.4 Å². The first-order chi connectivity index (χ1) is 18.8. The molecule has 1 saturated heterocycles. The van der Waals surface area contributed by atoms with Crippen molar-refractivity contribution in [2.45, 2.75) is 70.6 Å². The molecule has 0 aliphatic carbocycles. The highest BCUT2D eigenvalue weighted by atomic mass is 32.2. The Morgan fingerprint density at radius 1 is 1.25 bits per heavy atom. The van der Waals surface area contributed by atoms with Gasteiger partial charge in [-0.1, -0.05) is 0 Å². The first-order valence-electron chi connectivity index (χ1n) is 12.8. The number of nitrogens with one attached hydrogen (secondary N) is 1. The number of benzene rings is 1. The van der Waals surface area contributed by atoms with Gasteiger partial charge in [0, 0.05) is 49.5 Å². The minimum Gasteiger partial charge on any atom is -0.451 e. The van der Waals surface area contributed by atoms with Crippen LogP contribution in [0.3, 0.4) is 0 Å². The van der Waals surface area contributed by atoms with Crippen LogP contribution in [0, 0.1) is 11.6 Å². The second kappa shape index (κ2) is 10.6. The summed E-state index contributed by atoms with van der Waals surface area (Å²) in [5.74, 6) is -1.19. The molecule has 2 aliphatic rings. The standard InChI is InChI=1S/C26H32F2N6O5S/c1-26(2,3)39-25(35)30-22-8-19(32-9-16-10-34(40(4,36)37)31-23(16)13-32)12-33(11-18-14-38-15-29-18)24(22)20-7-17(27)5-6-21(20)28/h5-7,10,14-15,19,22,24H,8-9,11-13H2,1-4H3,(H,30,35)/t19-,22+,24-/m1/s1. The number of aromatic nitrogens is 3. The number of amides is 1. The van der Waals surface area contributed by atoms with Gasteiger partial charge in [-0.25, -0.2) is 27.0 Å². The van der Waals surface area contributed by atoms with E-state index in [1.165, 1.54) is 18.9 Å². The number of carbonyl (C=O) groups excluding carboxylic acids is 1. The number of rotatable bonds is 6. The second-order valence-electron chi connectivity index (χ2n) is 11.3. The summed E-state index contributed by atoms with van der Waals surface area (Å²) in [7, 11) is -3.51. The molecule has 5 rings (SSSR count). The normalized spacial score (nSPS) is 22.3. The van der Waals surface area contributed by atoms with Crippen molar-refractivity contribution in [3.63, 3.8) is 0 Å². The van der Waals surface area contributed by atoms with E-state index in [1.54, 1.807) is 20.8 Å². The lowest BCUT2D eigenvalue weighted by Crippen LogP contribution is -2.58. The molecule has 0 unspecified atom stereocenters. The molecule has 1 amide bonds. The van der Waals surface area contributed by atoms with Gasteiger partial charge in [0.25, 0.3) is 10.0 Å². The Balaban J connectivity index is 1.48. The summed E-state index contributed by atoms with van der Waals surface area (Å²) in [6.07, 6.45) is 5.11. The Morgan fingerprint density at radius 3 is 2.67 bits per heavy atom. The van der Waals surface area contributed by atoms with Crippen molar-refractivity contribution in [3.05, 3.63) is 71.2 Å². The number of fused-ring (bicyclic) bond motifs is 1. The monoisotopic (exact) mass is 578 g/mol. The van der Waals surface area contributed by atoms with Gasteiger partial charge >= 0.3 is 6.09 Å². The second-order valence-corrected chi connectivity index (χ2v) is 13.1. The van der Waals surface area contributed by atoms with E-state index >= 15 is 4.39 Å². The van der Waals surface area contributed by atoms with Gasteiger partial charge in [0.1, 0.15) is 23.5 Å². The molecule has 14 heteroatoms. The zero-order valence-electron chi connectivity index (χ0n) is 22.7. The average Bonchev–Trinajstić information content (AvgIpc) is 3.56. The van der Waals surface area contributed by atoms with Gasteiger partial charge in [-0.3, -0.25) is 9.80 Å². The van der Waals surface area contributed by atoms with Crippen molar-refractivity contribution in [3.8, 4) is 0 Å². The highest BCUT2D eigenvalue weighted by molar-refractivity contribution is 7.89. The number of oxazole rings is 1. The van der Waals surface area contributed by atoms with Crippen LogP contribution >= 0.6 is 0 Å². The third-order valence-electron chi connectivity index (χ3n) is 7.01. The Bertz CT molecular complexity index is 1460. The summed E-state index contributed by atoms with van der Waals surface area (Å²) in [4.78, 5) is 21.3. The molecule has 0 spiro atoms. The van der Waals surface area contributed by atoms with Crippen molar-refractivity contribution in [2.24, 2.45) is 0 Å². The van der Waals surface area contributed by atoms with Crippen LogP contribution in [0.5, 0.6) is 0 Å². The van der Waals surface area contributed by atoms with E-state index in [-0.39, 0.29) is 18.2 Å². The molecule has 11 nitrogen and oxygen atoms in total. The van der Waals surface area contributed by atoms with Gasteiger partial charge in [0.2, 0.25) is 0 Å². The van der Waals surface area contributed by atoms with Gasteiger partial charge in [0.05, 0.1) is 29.7 Å². The molecule has 0 bridgehead atoms. The molecule has 1 N–H and O–H groups in total. The molecule has 40 heavy (non-hydrogen) atoms. The third-order valence-corrected chi connectivity index (χ3v) is 7.88. The van der Waals surface area contributed by atoms with Crippen molar-refractivity contribution < 1.29 is 31.1 Å². The first-order valence-corrected chi connectivity index (χ1v) is 14.7. The lowest BCUT2D eigenvalue weighted by molar-refractivity contribution is 0.0128. The van der Waals surface area contributed by atoms with Crippen molar-refractivity contribution in [1.29, 1.82) is 0 Å². The lowest BCUT2D eigenvalue weighted by atomic mass is 9.86. The first kappa shape index (κ1) is 28.2. The van der Waals surface area contributed by atoms with Crippen molar-refractivity contribution in [2.75, 3.05) is 12.8 Å². The molecule has 4 heterocycles. The topological polar surface area (TPSA) is 123 Å². The molecule has 216 valence electrons. The van der Waals surface area contributed by atoms with Crippen LogP contribution < -0.4 is 5.32 Å². The number of alkyl carbamates (subject to hydrolysis) is 1. The minimum atomic E-state index is -3.51. The number of ether oxygens (including phenoxy) is 1. The van der Waals surface area contributed by atoms with E-state index < -0.39 is 45.4 Å². The average molecular weight is 579 g/mol. The molecule has 0 radical (unpaired) electrons. The summed E-state index contributed by atoms with van der Waals surface area (Å²) >= 11 is 0. The highest BCUT2D eigenvalue weighted by Crippen LogP contribution is 2.38. The summed E-state index contributed by atoms with van der Waals surface area (Å²) in [5.41, 5.74) is 1.39. The van der Waals surface area contributed by atoms with Gasteiger partial charge in [0.15, 0.2) is 6.39 Å². The number of halogens is 2. The van der Waals surface area contributed by atoms with Crippen molar-refractivity contribution in [1.82, 2.24) is 29.3 Å². The van der Waals surface area contributed by atoms with E-state index in [0.29, 0.717) is 37.4 Å². The summed E-state index contributed by atoms with van der Waals surface area (Å²) in [5, 5.41) is 7.16. The fourth-order valence-corrected chi connectivity index (χ4v) is 5.98. The largest absolute Gasteiger partial charge is 0.451 e. The zero-order chi connectivity index (χ0) is 28.8. The van der Waals surface area contributed by atoms with E-state index in [2.05, 4.69) is 20.3 Å². The van der Waals surface area contributed by atoms with E-state index in [1.807, 2.05) is 4.90 Å². The molecular formula is C26H32F2N6O5S. The maximum absolute atomic E-state index is 15.2. The number of likely N-dealkylation sites (tertiary alicyclic amines) is 1. The van der Waals surface area contributed by atoms with Crippen LogP contribution in [0.2, 0.25) is 0 Å². The van der Waals surface area contributed by atoms with Gasteiger partial charge < -0.3 is 14.5 Å². The number of hydrogen-bond donors (Lipinski definition) is 1. The van der Waals surface area contributed by atoms with Gasteiger partial charge in [-0.15, -0.1) is 0 Å². The third kappa shape index (κ3) is 6.18. The Labute approximate surface area is 231 Å². The van der Waals surface area contributed by atoms with Crippen LogP contribution in [-0.4, -0.2) is 69.0 Å². The van der Waals surface area contributed by atoms with Crippen LogP contribution in [0.15, 0.2) is 41.5 Å². The maximum Gasteiger partial charge on any atom is 0.407 e. The lowest BCUT2D eigenvalue weighted by Gasteiger charge is -2.47. The smallest absolute Gasteiger partial charge is 0.407 e. The molecule has 0 saturated carbocycles. The minimum absolute atomic E-state index is 0.108. The molecule has 3 atom stereocenters. The molecule has 2 aliphatic heterocycles. The maximum atomic E-state index is 15.2. The number of piperidine rings is 1. The van der Waals surface area contributed by atoms with E-state index in [4.69, 9.17) is 9.15 Å². The predicted molar refractivity (Wildman–Crippen MR) is 139 cm³/mol. The fraction of sp³-hybridized carbons (Fsp3) is 0.500. The molecular weight excluding hydrogens is 546 g/mol. The van der Waals surface area contributed by atoms with Crippen LogP contribution in [0.1, 0.15) is 55.7 Å². The molecule has 1 fully saturated rings. The number of nitrogens with zero attached hydrogens (tertiary/aromatic N) is 5. The van der Waals surface area contributed by atoms with E-state index in [0.717, 1.165) is 34.1 Å². The number of carbonyl (C=O) groups is 1. The highest BCUT2D eigenvalue weighted by Gasteiger charge is 2.43. The molecule has 1 aromatic carbocycles. The Hall–Kier alpha value is -3.36. The zero-order valence-corrected chi connectivity index (χ0v) is 23.5. The van der Waals surface area contributed by atoms with Crippen LogP contribution in [0.4, 0.5) is 13.6 Å². The van der Waals surface area contributed by atoms with Gasteiger partial charge in [-0.2, -0.15) is 9.19 Å². The SMILES string of the molecule is CC(C)(C)OC(=O)N[C@H]1C[C@@H](N2Cc3cn(S(C)(=O)=O)nc3C2)CN(Cc2cocn2)[C@@H]1c1cc(F)ccc1F. The summed E-state index contributed by atoms with van der Waals surface area (Å²) in [6.45, 7) is 6.76. The van der Waals surface area contributed by atoms with E-state index in [9.17, 15) is 17.6 Å². The van der Waals surface area contributed by atoms with Crippen LogP contribution in [0.25, 0.3) is 0 Å². The predicted octanol–water partition coefficient (Wildman–Crippen LogP) is 3.18. The molecule has 3 aromatic rings. The Morgan fingerprint density at radius 2 is 2.02 bits per heavy atom. The quantitative estimate of drug-likeness (QED) is 0.470. The number of hydrogen-bond acceptors (Lipinski definition) is 9. The Kier molecular flexibility index (Phi) is 7.44. The summed E-state index contributed by atoms with van der Waals surface area (Å²) in [6, 6.07) is 1.73.